The number of esters is 1. The number of hydrogen-bond acceptors (Lipinski definition) is 6. The third kappa shape index (κ3) is 6.55. The molecular formula is C23H27N3O5. The Morgan fingerprint density at radius 2 is 1.81 bits per heavy atom. The van der Waals surface area contributed by atoms with Crippen molar-refractivity contribution < 1.29 is 23.9 Å². The van der Waals surface area contributed by atoms with Gasteiger partial charge in [-0.3, -0.25) is 14.4 Å². The van der Waals surface area contributed by atoms with Crippen LogP contribution in [0.2, 0.25) is 0 Å². The molecule has 1 fully saturated rings. The van der Waals surface area contributed by atoms with Gasteiger partial charge in [-0.25, -0.2) is 0 Å². The largest absolute Gasteiger partial charge is 0.451 e. The van der Waals surface area contributed by atoms with Gasteiger partial charge in [0, 0.05) is 30.0 Å². The number of carbonyl (C=O) groups excluding carboxylic acids is 3. The molecule has 0 aromatic heterocycles. The number of amides is 2. The first-order chi connectivity index (χ1) is 14.9. The van der Waals surface area contributed by atoms with Crippen LogP contribution in [0.5, 0.6) is 0 Å². The molecule has 0 spiro atoms. The summed E-state index contributed by atoms with van der Waals surface area (Å²) in [5, 5.41) is 5.23. The number of ether oxygens (including phenoxy) is 2. The van der Waals surface area contributed by atoms with E-state index in [9.17, 15) is 14.4 Å². The van der Waals surface area contributed by atoms with Gasteiger partial charge in [-0.2, -0.15) is 0 Å². The van der Waals surface area contributed by atoms with Crippen molar-refractivity contribution in [2.75, 3.05) is 43.1 Å². The number of hydrogen-bond donors (Lipinski definition) is 2. The summed E-state index contributed by atoms with van der Waals surface area (Å²) in [4.78, 5) is 38.6. The number of morpholine rings is 1. The molecule has 1 atom stereocenters. The highest BCUT2D eigenvalue weighted by atomic mass is 16.5. The summed E-state index contributed by atoms with van der Waals surface area (Å²) in [6, 6.07) is 14.5. The summed E-state index contributed by atoms with van der Waals surface area (Å²) in [6.07, 6.45) is -0.998. The van der Waals surface area contributed by atoms with Crippen molar-refractivity contribution in [3.8, 4) is 0 Å². The number of aryl methyl sites for hydroxylation is 1. The highest BCUT2D eigenvalue weighted by Gasteiger charge is 2.19. The smallest absolute Gasteiger partial charge is 0.326 e. The lowest BCUT2D eigenvalue weighted by Crippen LogP contribution is -2.36. The monoisotopic (exact) mass is 425 g/mol. The molecule has 0 unspecified atom stereocenters. The number of nitrogens with zero attached hydrogens (tertiary/aromatic N) is 1. The molecule has 0 aliphatic carbocycles. The third-order valence-electron chi connectivity index (χ3n) is 4.86. The van der Waals surface area contributed by atoms with Crippen LogP contribution < -0.4 is 15.5 Å². The van der Waals surface area contributed by atoms with Crippen molar-refractivity contribution >= 4 is 29.2 Å². The maximum absolute atomic E-state index is 12.3. The van der Waals surface area contributed by atoms with E-state index in [2.05, 4.69) is 15.5 Å². The van der Waals surface area contributed by atoms with E-state index in [1.54, 1.807) is 30.3 Å². The Hall–Kier alpha value is -3.39. The summed E-state index contributed by atoms with van der Waals surface area (Å²) in [6.45, 7) is 6.11. The van der Waals surface area contributed by atoms with Gasteiger partial charge in [0.25, 0.3) is 11.8 Å². The zero-order valence-electron chi connectivity index (χ0n) is 17.7. The highest BCUT2D eigenvalue weighted by Crippen LogP contribution is 2.19. The summed E-state index contributed by atoms with van der Waals surface area (Å²) in [5.74, 6) is -1.51. The van der Waals surface area contributed by atoms with Gasteiger partial charge >= 0.3 is 5.97 Å². The maximum Gasteiger partial charge on any atom is 0.326 e. The van der Waals surface area contributed by atoms with Gasteiger partial charge < -0.3 is 25.0 Å². The van der Waals surface area contributed by atoms with E-state index in [1.807, 2.05) is 25.1 Å². The molecule has 8 heteroatoms. The minimum atomic E-state index is -0.998. The molecule has 2 N–H and O–H groups in total. The van der Waals surface area contributed by atoms with E-state index in [4.69, 9.17) is 9.47 Å². The van der Waals surface area contributed by atoms with Crippen LogP contribution in [0, 0.1) is 6.92 Å². The zero-order valence-corrected chi connectivity index (χ0v) is 17.7. The Labute approximate surface area is 181 Å². The lowest BCUT2D eigenvalue weighted by Gasteiger charge is -2.28. The molecule has 1 aliphatic rings. The summed E-state index contributed by atoms with van der Waals surface area (Å²) in [7, 11) is 0. The molecule has 2 aromatic carbocycles. The second kappa shape index (κ2) is 10.6. The second-order valence-electron chi connectivity index (χ2n) is 7.32. The van der Waals surface area contributed by atoms with Gasteiger partial charge in [0.05, 0.1) is 13.2 Å². The van der Waals surface area contributed by atoms with E-state index >= 15 is 0 Å². The fraction of sp³-hybridized carbons (Fsp3) is 0.348. The number of carbonyl (C=O) groups is 3. The van der Waals surface area contributed by atoms with Gasteiger partial charge in [-0.05, 0) is 50.2 Å². The average molecular weight is 425 g/mol. The normalized spacial score (nSPS) is 14.5. The van der Waals surface area contributed by atoms with Crippen LogP contribution in [-0.2, 0) is 19.1 Å². The Balaban J connectivity index is 1.44. The molecule has 164 valence electrons. The van der Waals surface area contributed by atoms with E-state index in [0.29, 0.717) is 24.5 Å². The second-order valence-corrected chi connectivity index (χ2v) is 7.32. The molecule has 1 aliphatic heterocycles. The quantitative estimate of drug-likeness (QED) is 0.660. The third-order valence-corrected chi connectivity index (χ3v) is 4.86. The van der Waals surface area contributed by atoms with E-state index < -0.39 is 18.0 Å². The summed E-state index contributed by atoms with van der Waals surface area (Å²) >= 11 is 0. The Morgan fingerprint density at radius 1 is 1.10 bits per heavy atom. The number of benzene rings is 2. The van der Waals surface area contributed by atoms with Crippen molar-refractivity contribution in [2.45, 2.75) is 20.0 Å². The summed E-state index contributed by atoms with van der Waals surface area (Å²) in [5.41, 5.74) is 3.07. The van der Waals surface area contributed by atoms with Gasteiger partial charge in [-0.15, -0.1) is 0 Å². The Bertz CT molecular complexity index is 923. The van der Waals surface area contributed by atoms with Crippen LogP contribution in [0.3, 0.4) is 0 Å². The summed E-state index contributed by atoms with van der Waals surface area (Å²) < 4.78 is 10.5. The highest BCUT2D eigenvalue weighted by molar-refractivity contribution is 5.97. The minimum absolute atomic E-state index is 0.321. The molecule has 0 saturated carbocycles. The molecule has 0 radical (unpaired) electrons. The number of rotatable bonds is 7. The van der Waals surface area contributed by atoms with Gasteiger partial charge in [0.2, 0.25) is 0 Å². The van der Waals surface area contributed by atoms with Crippen LogP contribution >= 0.6 is 0 Å². The molecule has 31 heavy (non-hydrogen) atoms. The van der Waals surface area contributed by atoms with Crippen LogP contribution in [-0.4, -0.2) is 56.7 Å². The molecular weight excluding hydrogens is 398 g/mol. The minimum Gasteiger partial charge on any atom is -0.451 e. The van der Waals surface area contributed by atoms with Crippen molar-refractivity contribution in [1.82, 2.24) is 5.32 Å². The van der Waals surface area contributed by atoms with E-state index in [-0.39, 0.29) is 12.5 Å². The van der Waals surface area contributed by atoms with Crippen molar-refractivity contribution in [3.63, 3.8) is 0 Å². The number of nitrogens with one attached hydrogen (secondary N) is 2. The maximum atomic E-state index is 12.3. The lowest BCUT2D eigenvalue weighted by molar-refractivity contribution is -0.152. The topological polar surface area (TPSA) is 97.0 Å². The fourth-order valence-electron chi connectivity index (χ4n) is 3.15. The lowest BCUT2D eigenvalue weighted by atomic mass is 10.1. The first-order valence-corrected chi connectivity index (χ1v) is 10.2. The van der Waals surface area contributed by atoms with Crippen LogP contribution in [0.1, 0.15) is 22.8 Å². The van der Waals surface area contributed by atoms with Crippen LogP contribution in [0.4, 0.5) is 11.4 Å². The molecule has 2 aromatic rings. The molecule has 3 rings (SSSR count). The first kappa shape index (κ1) is 22.3. The van der Waals surface area contributed by atoms with Crippen molar-refractivity contribution in [2.24, 2.45) is 0 Å². The van der Waals surface area contributed by atoms with E-state index in [0.717, 1.165) is 24.3 Å². The fourth-order valence-corrected chi connectivity index (χ4v) is 3.15. The Kier molecular flexibility index (Phi) is 7.61. The molecule has 0 bridgehead atoms. The predicted octanol–water partition coefficient (Wildman–Crippen LogP) is 2.13. The van der Waals surface area contributed by atoms with Gasteiger partial charge in [0.15, 0.2) is 6.10 Å². The van der Waals surface area contributed by atoms with Gasteiger partial charge in [0.1, 0.15) is 6.54 Å². The molecule has 2 amide bonds. The predicted molar refractivity (Wildman–Crippen MR) is 117 cm³/mol. The average Bonchev–Trinajstić information content (AvgIpc) is 2.78. The van der Waals surface area contributed by atoms with Crippen LogP contribution in [0.25, 0.3) is 0 Å². The van der Waals surface area contributed by atoms with Crippen molar-refractivity contribution in [3.05, 3.63) is 59.7 Å². The molecule has 1 saturated heterocycles. The van der Waals surface area contributed by atoms with E-state index in [1.165, 1.54) is 6.92 Å². The molecule has 1 heterocycles. The molecule has 8 nitrogen and oxygen atoms in total. The first-order valence-electron chi connectivity index (χ1n) is 10.2. The zero-order chi connectivity index (χ0) is 22.2. The van der Waals surface area contributed by atoms with Crippen molar-refractivity contribution in [1.29, 1.82) is 0 Å². The van der Waals surface area contributed by atoms with Crippen LogP contribution in [0.15, 0.2) is 48.5 Å². The number of anilines is 2. The standard InChI is InChI=1S/C23H27N3O5/c1-16-4-3-5-18(14-16)23(29)24-15-21(27)31-17(2)22(28)25-19-6-8-20(9-7-19)26-10-12-30-13-11-26/h3-9,14,17H,10-13,15H2,1-2H3,(H,24,29)(H,25,28)/t17-/m0/s1. The SMILES string of the molecule is Cc1cccc(C(=O)NCC(=O)O[C@@H](C)C(=O)Nc2ccc(N3CCOCC3)cc2)c1. The van der Waals surface area contributed by atoms with Gasteiger partial charge in [-0.1, -0.05) is 17.7 Å². The Morgan fingerprint density at radius 3 is 2.48 bits per heavy atom.